The maximum atomic E-state index is 11.5. The van der Waals surface area contributed by atoms with Crippen molar-refractivity contribution in [3.8, 4) is 0 Å². The van der Waals surface area contributed by atoms with Gasteiger partial charge in [-0.3, -0.25) is 9.59 Å². The Morgan fingerprint density at radius 2 is 1.03 bits per heavy atom. The van der Waals surface area contributed by atoms with E-state index >= 15 is 0 Å². The van der Waals surface area contributed by atoms with Crippen molar-refractivity contribution < 1.29 is 18.0 Å². The van der Waals surface area contributed by atoms with Gasteiger partial charge in [0.25, 0.3) is 0 Å². The summed E-state index contributed by atoms with van der Waals surface area (Å²) >= 11 is -1.40. The number of hydrogen-bond donors (Lipinski definition) is 1. The first-order valence-electron chi connectivity index (χ1n) is 12.0. The van der Waals surface area contributed by atoms with Gasteiger partial charge in [-0.25, -0.2) is 0 Å². The lowest BCUT2D eigenvalue weighted by atomic mass is 10.1. The highest BCUT2D eigenvalue weighted by molar-refractivity contribution is 8.09. The third kappa shape index (κ3) is 20.1. The van der Waals surface area contributed by atoms with Crippen LogP contribution >= 0.6 is 11.5 Å². The lowest BCUT2D eigenvalue weighted by Gasteiger charge is -2.24. The molecule has 0 atom stereocenters. The number of hydrogen-bond acceptors (Lipinski definition) is 4. The predicted octanol–water partition coefficient (Wildman–Crippen LogP) is 7.76. The minimum absolute atomic E-state index is 0.287. The fourth-order valence-electron chi connectivity index (χ4n) is 2.95. The minimum atomic E-state index is -1.40. The standard InChI is InChI=1S/C24H46O4S/c1-4-7-8-9-10-11-12-13-14-15-16-17-18-19-20-21-22-29(27-23(25)5-2)28-24(26)6-3/h13-14,29H,4-12,15-22H2,1-3H3/b14-13-. The van der Waals surface area contributed by atoms with Crippen LogP contribution in [0.3, 0.4) is 0 Å². The van der Waals surface area contributed by atoms with Crippen molar-refractivity contribution in [1.82, 2.24) is 0 Å². The van der Waals surface area contributed by atoms with Gasteiger partial charge >= 0.3 is 11.9 Å². The Morgan fingerprint density at radius 1 is 0.621 bits per heavy atom. The molecular formula is C24H46O4S. The molecule has 0 fully saturated rings. The summed E-state index contributed by atoms with van der Waals surface area (Å²) in [5.74, 6) is 0.0858. The van der Waals surface area contributed by atoms with Gasteiger partial charge in [0.15, 0.2) is 0 Å². The van der Waals surface area contributed by atoms with E-state index in [-0.39, 0.29) is 11.9 Å². The van der Waals surface area contributed by atoms with E-state index in [4.69, 9.17) is 8.37 Å². The van der Waals surface area contributed by atoms with Crippen LogP contribution in [0.5, 0.6) is 0 Å². The molecule has 4 nitrogen and oxygen atoms in total. The molecule has 29 heavy (non-hydrogen) atoms. The van der Waals surface area contributed by atoms with Gasteiger partial charge in [0.2, 0.25) is 0 Å². The summed E-state index contributed by atoms with van der Waals surface area (Å²) < 4.78 is 10.5. The molecule has 0 aliphatic rings. The monoisotopic (exact) mass is 430 g/mol. The zero-order chi connectivity index (χ0) is 21.6. The van der Waals surface area contributed by atoms with Crippen molar-refractivity contribution in [2.75, 3.05) is 5.75 Å². The zero-order valence-corrected chi connectivity index (χ0v) is 20.2. The Morgan fingerprint density at radius 3 is 1.48 bits per heavy atom. The summed E-state index contributed by atoms with van der Waals surface area (Å²) in [6, 6.07) is 0. The van der Waals surface area contributed by atoms with Crippen molar-refractivity contribution in [2.24, 2.45) is 0 Å². The van der Waals surface area contributed by atoms with E-state index in [0.717, 1.165) is 12.8 Å². The molecule has 0 aliphatic carbocycles. The second-order valence-electron chi connectivity index (χ2n) is 7.63. The molecule has 0 N–H and O–H groups in total. The molecule has 0 aromatic carbocycles. The highest BCUT2D eigenvalue weighted by Gasteiger charge is 2.11. The smallest absolute Gasteiger partial charge is 0.328 e. The second kappa shape index (κ2) is 21.7. The molecule has 0 bridgehead atoms. The van der Waals surface area contributed by atoms with Crippen LogP contribution in [0.4, 0.5) is 0 Å². The fraction of sp³-hybridized carbons (Fsp3) is 0.833. The molecule has 0 rings (SSSR count). The molecule has 0 saturated carbocycles. The summed E-state index contributed by atoms with van der Waals surface area (Å²) in [6.45, 7) is 5.76. The maximum absolute atomic E-state index is 11.5. The normalized spacial score (nSPS) is 11.6. The van der Waals surface area contributed by atoms with Crippen LogP contribution in [0.1, 0.15) is 124 Å². The first kappa shape index (κ1) is 28.0. The maximum Gasteiger partial charge on any atom is 0.328 e. The van der Waals surface area contributed by atoms with Gasteiger partial charge in [-0.05, 0) is 32.1 Å². The highest BCUT2D eigenvalue weighted by Crippen LogP contribution is 2.31. The van der Waals surface area contributed by atoms with Crippen LogP contribution in [0.2, 0.25) is 0 Å². The molecule has 0 heterocycles. The van der Waals surface area contributed by atoms with Crippen molar-refractivity contribution in [1.29, 1.82) is 0 Å². The first-order chi connectivity index (χ1) is 14.1. The number of carbonyl (C=O) groups is 2. The number of carbonyl (C=O) groups excluding carboxylic acids is 2. The van der Waals surface area contributed by atoms with Crippen LogP contribution < -0.4 is 0 Å². The van der Waals surface area contributed by atoms with Gasteiger partial charge in [-0.2, -0.15) is 0 Å². The van der Waals surface area contributed by atoms with E-state index in [1.165, 1.54) is 77.0 Å². The van der Waals surface area contributed by atoms with E-state index in [1.807, 2.05) is 0 Å². The van der Waals surface area contributed by atoms with Gasteiger partial charge < -0.3 is 8.37 Å². The Kier molecular flexibility index (Phi) is 21.0. The predicted molar refractivity (Wildman–Crippen MR) is 126 cm³/mol. The Balaban J connectivity index is 3.56. The van der Waals surface area contributed by atoms with E-state index in [2.05, 4.69) is 19.1 Å². The van der Waals surface area contributed by atoms with Gasteiger partial charge in [0, 0.05) is 12.8 Å². The lowest BCUT2D eigenvalue weighted by Crippen LogP contribution is -2.09. The quantitative estimate of drug-likeness (QED) is 0.122. The molecule has 5 heteroatoms. The molecule has 0 aliphatic heterocycles. The molecule has 0 amide bonds. The third-order valence-corrected chi connectivity index (χ3v) is 6.33. The van der Waals surface area contributed by atoms with Gasteiger partial charge in [0.05, 0.1) is 5.75 Å². The third-order valence-electron chi connectivity index (χ3n) is 4.84. The van der Waals surface area contributed by atoms with Crippen LogP contribution in [0.15, 0.2) is 12.2 Å². The number of unbranched alkanes of at least 4 members (excludes halogenated alkanes) is 12. The van der Waals surface area contributed by atoms with Crippen LogP contribution in [0, 0.1) is 0 Å². The SMILES string of the molecule is CCCCCCCC/C=C\CCCCCCCC[SH](OC(=O)CC)OC(=O)CC. The lowest BCUT2D eigenvalue weighted by molar-refractivity contribution is -0.136. The summed E-state index contributed by atoms with van der Waals surface area (Å²) in [5, 5.41) is 0. The number of rotatable bonds is 20. The summed E-state index contributed by atoms with van der Waals surface area (Å²) in [5.41, 5.74) is 0. The van der Waals surface area contributed by atoms with E-state index < -0.39 is 11.5 Å². The van der Waals surface area contributed by atoms with E-state index in [9.17, 15) is 9.59 Å². The Hall–Kier alpha value is -0.970. The number of thiol groups is 1. The number of allylic oxidation sites excluding steroid dienone is 2. The molecule has 0 saturated heterocycles. The van der Waals surface area contributed by atoms with Crippen molar-refractivity contribution in [2.45, 2.75) is 124 Å². The van der Waals surface area contributed by atoms with Gasteiger partial charge in [-0.1, -0.05) is 90.7 Å². The topological polar surface area (TPSA) is 52.6 Å². The molecule has 0 aromatic heterocycles. The fourth-order valence-corrected chi connectivity index (χ4v) is 4.37. The summed E-state index contributed by atoms with van der Waals surface area (Å²) in [7, 11) is 0. The molecular weight excluding hydrogens is 384 g/mol. The van der Waals surface area contributed by atoms with Gasteiger partial charge in [0.1, 0.15) is 0 Å². The molecule has 0 spiro atoms. The highest BCUT2D eigenvalue weighted by atomic mass is 32.2. The van der Waals surface area contributed by atoms with Crippen molar-refractivity contribution in [3.63, 3.8) is 0 Å². The molecule has 172 valence electrons. The molecule has 0 aromatic rings. The molecule has 0 radical (unpaired) electrons. The van der Waals surface area contributed by atoms with E-state index in [1.54, 1.807) is 13.8 Å². The average Bonchev–Trinajstić information content (AvgIpc) is 2.72. The van der Waals surface area contributed by atoms with Crippen LogP contribution in [-0.4, -0.2) is 17.7 Å². The first-order valence-corrected chi connectivity index (χ1v) is 13.3. The van der Waals surface area contributed by atoms with Gasteiger partial charge in [-0.15, -0.1) is 11.5 Å². The van der Waals surface area contributed by atoms with E-state index in [0.29, 0.717) is 18.6 Å². The Labute approximate surface area is 183 Å². The second-order valence-corrected chi connectivity index (χ2v) is 9.11. The Bertz CT molecular complexity index is 405. The largest absolute Gasteiger partial charge is 0.347 e. The van der Waals surface area contributed by atoms with Crippen molar-refractivity contribution in [3.05, 3.63) is 12.2 Å². The zero-order valence-electron chi connectivity index (χ0n) is 19.3. The average molecular weight is 431 g/mol. The van der Waals surface area contributed by atoms with Crippen LogP contribution in [0.25, 0.3) is 0 Å². The molecule has 0 unspecified atom stereocenters. The summed E-state index contributed by atoms with van der Waals surface area (Å²) in [6.07, 6.45) is 23.0. The van der Waals surface area contributed by atoms with Crippen LogP contribution in [-0.2, 0) is 18.0 Å². The van der Waals surface area contributed by atoms with Crippen molar-refractivity contribution >= 4 is 23.4 Å². The summed E-state index contributed by atoms with van der Waals surface area (Å²) in [4.78, 5) is 22.9. The minimum Gasteiger partial charge on any atom is -0.347 e.